The zero-order chi connectivity index (χ0) is 17.8. The van der Waals surface area contributed by atoms with Gasteiger partial charge < -0.3 is 14.6 Å². The molecule has 7 nitrogen and oxygen atoms in total. The maximum absolute atomic E-state index is 12.2. The van der Waals surface area contributed by atoms with Crippen molar-refractivity contribution in [2.24, 2.45) is 0 Å². The molecule has 0 radical (unpaired) electrons. The maximum Gasteiger partial charge on any atom is 0.241 e. The van der Waals surface area contributed by atoms with Gasteiger partial charge in [0.05, 0.1) is 5.69 Å². The van der Waals surface area contributed by atoms with Gasteiger partial charge in [-0.2, -0.15) is 5.10 Å². The molecule has 2 aromatic heterocycles. The van der Waals surface area contributed by atoms with Crippen LogP contribution in [0.15, 0.2) is 12.3 Å². The molecule has 0 bridgehead atoms. The van der Waals surface area contributed by atoms with Crippen molar-refractivity contribution in [3.8, 4) is 0 Å². The van der Waals surface area contributed by atoms with E-state index < -0.39 is 0 Å². The predicted octanol–water partition coefficient (Wildman–Crippen LogP) is 1.72. The normalized spacial score (nSPS) is 15.5. The van der Waals surface area contributed by atoms with Gasteiger partial charge in [-0.1, -0.05) is 0 Å². The third-order valence-electron chi connectivity index (χ3n) is 4.73. The van der Waals surface area contributed by atoms with Gasteiger partial charge in [-0.05, 0) is 39.7 Å². The Balaban J connectivity index is 1.54. The van der Waals surface area contributed by atoms with Crippen LogP contribution in [0.5, 0.6) is 0 Å². The standard InChI is InChI=1S/C18H27N5O2/c1-13-10-14(2)23(21-13)12-17(24)19-6-7-22-15(3)11-20-18(22)16-4-8-25-9-5-16/h10-11,16H,4-9,12H2,1-3H3,(H,19,24). The van der Waals surface area contributed by atoms with Gasteiger partial charge in [-0.15, -0.1) is 0 Å². The number of rotatable bonds is 6. The fraction of sp³-hybridized carbons (Fsp3) is 0.611. The molecule has 136 valence electrons. The summed E-state index contributed by atoms with van der Waals surface area (Å²) in [6.45, 7) is 9.14. The average molecular weight is 345 g/mol. The van der Waals surface area contributed by atoms with E-state index in [1.807, 2.05) is 26.1 Å². The molecule has 0 aromatic carbocycles. The molecule has 25 heavy (non-hydrogen) atoms. The summed E-state index contributed by atoms with van der Waals surface area (Å²) in [4.78, 5) is 16.8. The minimum Gasteiger partial charge on any atom is -0.381 e. The molecule has 1 saturated heterocycles. The van der Waals surface area contributed by atoms with Crippen molar-refractivity contribution in [2.45, 2.75) is 52.6 Å². The molecule has 0 aliphatic carbocycles. The molecule has 0 saturated carbocycles. The summed E-state index contributed by atoms with van der Waals surface area (Å²) in [6.07, 6.45) is 3.95. The Bertz CT molecular complexity index is 728. The van der Waals surface area contributed by atoms with Crippen LogP contribution in [0.2, 0.25) is 0 Å². The van der Waals surface area contributed by atoms with Gasteiger partial charge in [0, 0.05) is 49.8 Å². The highest BCUT2D eigenvalue weighted by Gasteiger charge is 2.21. The van der Waals surface area contributed by atoms with Crippen LogP contribution in [0.4, 0.5) is 0 Å². The van der Waals surface area contributed by atoms with Crippen LogP contribution < -0.4 is 5.32 Å². The van der Waals surface area contributed by atoms with Crippen LogP contribution in [0.1, 0.15) is 41.7 Å². The van der Waals surface area contributed by atoms with Crippen LogP contribution in [0.3, 0.4) is 0 Å². The van der Waals surface area contributed by atoms with Gasteiger partial charge in [0.15, 0.2) is 0 Å². The number of carbonyl (C=O) groups is 1. The molecule has 1 aliphatic rings. The van der Waals surface area contributed by atoms with Crippen LogP contribution in [-0.4, -0.2) is 45.0 Å². The van der Waals surface area contributed by atoms with Gasteiger partial charge in [-0.25, -0.2) is 4.98 Å². The van der Waals surface area contributed by atoms with Crippen molar-refractivity contribution >= 4 is 5.91 Å². The zero-order valence-electron chi connectivity index (χ0n) is 15.3. The van der Waals surface area contributed by atoms with Crippen LogP contribution in [-0.2, 0) is 22.6 Å². The fourth-order valence-corrected chi connectivity index (χ4v) is 3.39. The summed E-state index contributed by atoms with van der Waals surface area (Å²) in [5.41, 5.74) is 3.06. The molecule has 2 aromatic rings. The number of aryl methyl sites for hydroxylation is 3. The second-order valence-electron chi connectivity index (χ2n) is 6.73. The first-order chi connectivity index (χ1) is 12.0. The highest BCUT2D eigenvalue weighted by molar-refractivity contribution is 5.75. The van der Waals surface area contributed by atoms with Gasteiger partial charge in [0.25, 0.3) is 0 Å². The largest absolute Gasteiger partial charge is 0.381 e. The minimum absolute atomic E-state index is 0.0171. The second kappa shape index (κ2) is 7.82. The summed E-state index contributed by atoms with van der Waals surface area (Å²) in [7, 11) is 0. The van der Waals surface area contributed by atoms with Crippen molar-refractivity contribution in [3.05, 3.63) is 35.2 Å². The monoisotopic (exact) mass is 345 g/mol. The van der Waals surface area contributed by atoms with Gasteiger partial charge >= 0.3 is 0 Å². The molecule has 1 aliphatic heterocycles. The third-order valence-corrected chi connectivity index (χ3v) is 4.73. The maximum atomic E-state index is 12.2. The summed E-state index contributed by atoms with van der Waals surface area (Å²) in [6, 6.07) is 1.97. The second-order valence-corrected chi connectivity index (χ2v) is 6.73. The molecule has 1 N–H and O–H groups in total. The first-order valence-electron chi connectivity index (χ1n) is 8.92. The smallest absolute Gasteiger partial charge is 0.241 e. The van der Waals surface area contributed by atoms with E-state index in [-0.39, 0.29) is 12.5 Å². The van der Waals surface area contributed by atoms with E-state index >= 15 is 0 Å². The Morgan fingerprint density at radius 2 is 2.04 bits per heavy atom. The molecule has 1 fully saturated rings. The van der Waals surface area contributed by atoms with Crippen molar-refractivity contribution in [2.75, 3.05) is 19.8 Å². The van der Waals surface area contributed by atoms with Gasteiger partial charge in [0.1, 0.15) is 12.4 Å². The van der Waals surface area contributed by atoms with Crippen LogP contribution >= 0.6 is 0 Å². The quantitative estimate of drug-likeness (QED) is 0.865. The first kappa shape index (κ1) is 17.7. The Morgan fingerprint density at radius 3 is 2.72 bits per heavy atom. The lowest BCUT2D eigenvalue weighted by Gasteiger charge is -2.23. The summed E-state index contributed by atoms with van der Waals surface area (Å²) in [5, 5.41) is 7.32. The van der Waals surface area contributed by atoms with Crippen molar-refractivity contribution in [3.63, 3.8) is 0 Å². The number of imidazole rings is 1. The average Bonchev–Trinajstić information content (AvgIpc) is 3.11. The summed E-state index contributed by atoms with van der Waals surface area (Å²) < 4.78 is 9.40. The molecule has 0 spiro atoms. The van der Waals surface area contributed by atoms with E-state index in [2.05, 4.69) is 26.9 Å². The van der Waals surface area contributed by atoms with Gasteiger partial charge in [0.2, 0.25) is 5.91 Å². The molecule has 3 heterocycles. The van der Waals surface area contributed by atoms with E-state index in [1.165, 1.54) is 0 Å². The zero-order valence-corrected chi connectivity index (χ0v) is 15.3. The highest BCUT2D eigenvalue weighted by Crippen LogP contribution is 2.26. The SMILES string of the molecule is Cc1cc(C)n(CC(=O)NCCn2c(C)cnc2C2CCOCC2)n1. The third kappa shape index (κ3) is 4.28. The topological polar surface area (TPSA) is 74.0 Å². The van der Waals surface area contributed by atoms with E-state index in [0.717, 1.165) is 55.5 Å². The first-order valence-corrected chi connectivity index (χ1v) is 8.92. The molecular formula is C18H27N5O2. The fourth-order valence-electron chi connectivity index (χ4n) is 3.39. The van der Waals surface area contributed by atoms with Crippen molar-refractivity contribution < 1.29 is 9.53 Å². The van der Waals surface area contributed by atoms with E-state index in [1.54, 1.807) is 4.68 Å². The minimum atomic E-state index is -0.0171. The Hall–Kier alpha value is -2.15. The molecule has 0 unspecified atom stereocenters. The highest BCUT2D eigenvalue weighted by atomic mass is 16.5. The number of ether oxygens (including phenoxy) is 1. The lowest BCUT2D eigenvalue weighted by Crippen LogP contribution is -2.32. The lowest BCUT2D eigenvalue weighted by atomic mass is 9.99. The number of nitrogens with one attached hydrogen (secondary N) is 1. The van der Waals surface area contributed by atoms with E-state index in [4.69, 9.17) is 4.74 Å². The molecule has 0 atom stereocenters. The molecular weight excluding hydrogens is 318 g/mol. The van der Waals surface area contributed by atoms with Crippen molar-refractivity contribution in [1.82, 2.24) is 24.6 Å². The Kier molecular flexibility index (Phi) is 5.53. The number of hydrogen-bond acceptors (Lipinski definition) is 4. The summed E-state index contributed by atoms with van der Waals surface area (Å²) >= 11 is 0. The van der Waals surface area contributed by atoms with Crippen LogP contribution in [0, 0.1) is 20.8 Å². The lowest BCUT2D eigenvalue weighted by molar-refractivity contribution is -0.121. The van der Waals surface area contributed by atoms with Gasteiger partial charge in [-0.3, -0.25) is 9.48 Å². The Labute approximate surface area is 148 Å². The Morgan fingerprint density at radius 1 is 1.28 bits per heavy atom. The number of carbonyl (C=O) groups excluding carboxylic acids is 1. The van der Waals surface area contributed by atoms with Crippen LogP contribution in [0.25, 0.3) is 0 Å². The number of nitrogens with zero attached hydrogens (tertiary/aromatic N) is 4. The predicted molar refractivity (Wildman–Crippen MR) is 94.5 cm³/mol. The van der Waals surface area contributed by atoms with E-state index in [9.17, 15) is 4.79 Å². The molecule has 7 heteroatoms. The number of hydrogen-bond donors (Lipinski definition) is 1. The molecule has 1 amide bonds. The number of aromatic nitrogens is 4. The van der Waals surface area contributed by atoms with E-state index in [0.29, 0.717) is 12.5 Å². The van der Waals surface area contributed by atoms with Crippen molar-refractivity contribution in [1.29, 1.82) is 0 Å². The molecule has 3 rings (SSSR count). The number of amides is 1. The summed E-state index contributed by atoms with van der Waals surface area (Å²) in [5.74, 6) is 1.55.